The third-order valence-corrected chi connectivity index (χ3v) is 3.31. The third-order valence-electron chi connectivity index (χ3n) is 2.12. The van der Waals surface area contributed by atoms with Gasteiger partial charge in [0.15, 0.2) is 5.16 Å². The number of thioether (sulfide) groups is 1. The van der Waals surface area contributed by atoms with Crippen LogP contribution in [0.2, 0.25) is 0 Å². The van der Waals surface area contributed by atoms with Crippen LogP contribution in [-0.4, -0.2) is 44.8 Å². The second-order valence-electron chi connectivity index (χ2n) is 3.37. The number of rotatable bonds is 7. The second-order valence-corrected chi connectivity index (χ2v) is 4.36. The maximum absolute atomic E-state index is 9.56. The summed E-state index contributed by atoms with van der Waals surface area (Å²) in [6, 6.07) is 0. The first kappa shape index (κ1) is 13.5. The van der Waals surface area contributed by atoms with Crippen molar-refractivity contribution in [1.82, 2.24) is 9.55 Å². The van der Waals surface area contributed by atoms with E-state index in [0.29, 0.717) is 19.0 Å². The van der Waals surface area contributed by atoms with E-state index >= 15 is 0 Å². The number of ether oxygens (including phenoxy) is 1. The molecule has 2 N–H and O–H groups in total. The van der Waals surface area contributed by atoms with E-state index in [-0.39, 0.29) is 6.61 Å². The molecule has 0 saturated carbocycles. The van der Waals surface area contributed by atoms with Crippen molar-refractivity contribution in [3.63, 3.8) is 0 Å². The summed E-state index contributed by atoms with van der Waals surface area (Å²) in [6.45, 7) is 2.83. The maximum Gasteiger partial charge on any atom is 0.168 e. The smallest absolute Gasteiger partial charge is 0.168 e. The average Bonchev–Trinajstić information content (AvgIpc) is 2.64. The van der Waals surface area contributed by atoms with E-state index in [4.69, 9.17) is 9.84 Å². The first-order chi connectivity index (χ1) is 7.69. The zero-order valence-corrected chi connectivity index (χ0v) is 10.4. The lowest BCUT2D eigenvalue weighted by atomic mass is 10.4. The van der Waals surface area contributed by atoms with Crippen molar-refractivity contribution in [2.45, 2.75) is 24.8 Å². The number of aromatic nitrogens is 2. The van der Waals surface area contributed by atoms with Crippen molar-refractivity contribution in [1.29, 1.82) is 0 Å². The van der Waals surface area contributed by atoms with Crippen LogP contribution in [0.15, 0.2) is 11.4 Å². The Bertz CT molecular complexity index is 317. The van der Waals surface area contributed by atoms with Crippen molar-refractivity contribution in [3.05, 3.63) is 11.9 Å². The molecule has 5 nitrogen and oxygen atoms in total. The minimum Gasteiger partial charge on any atom is -0.390 e. The minimum atomic E-state index is -0.487. The highest BCUT2D eigenvalue weighted by atomic mass is 32.2. The predicted molar refractivity (Wildman–Crippen MR) is 62.4 cm³/mol. The molecule has 92 valence electrons. The molecule has 1 rings (SSSR count). The fourth-order valence-electron chi connectivity index (χ4n) is 1.18. The molecule has 0 bridgehead atoms. The number of imidazole rings is 1. The van der Waals surface area contributed by atoms with Crippen LogP contribution in [0.1, 0.15) is 12.6 Å². The molecule has 1 heterocycles. The summed E-state index contributed by atoms with van der Waals surface area (Å²) in [5.74, 6) is 0.537. The predicted octanol–water partition coefficient (Wildman–Crippen LogP) is 0.402. The molecule has 1 unspecified atom stereocenters. The van der Waals surface area contributed by atoms with E-state index in [1.54, 1.807) is 6.20 Å². The molecular weight excluding hydrogens is 228 g/mol. The van der Waals surface area contributed by atoms with Crippen molar-refractivity contribution >= 4 is 11.8 Å². The third kappa shape index (κ3) is 3.79. The number of nitrogens with zero attached hydrogens (tertiary/aromatic N) is 2. The summed E-state index contributed by atoms with van der Waals surface area (Å²) in [6.07, 6.45) is 1.15. The van der Waals surface area contributed by atoms with Crippen LogP contribution in [0.4, 0.5) is 0 Å². The van der Waals surface area contributed by atoms with E-state index in [9.17, 15) is 5.11 Å². The largest absolute Gasteiger partial charge is 0.390 e. The van der Waals surface area contributed by atoms with Gasteiger partial charge in [-0.1, -0.05) is 11.8 Å². The fourth-order valence-corrected chi connectivity index (χ4v) is 2.06. The van der Waals surface area contributed by atoms with Crippen LogP contribution in [0.25, 0.3) is 0 Å². The van der Waals surface area contributed by atoms with E-state index in [2.05, 4.69) is 4.98 Å². The Morgan fingerprint density at radius 2 is 2.38 bits per heavy atom. The summed E-state index contributed by atoms with van der Waals surface area (Å²) < 4.78 is 6.93. The SMILES string of the molecule is CCOCC(O)CSc1ncc(CO)n1C. The monoisotopic (exact) mass is 246 g/mol. The van der Waals surface area contributed by atoms with E-state index in [1.165, 1.54) is 11.8 Å². The Morgan fingerprint density at radius 3 is 2.94 bits per heavy atom. The van der Waals surface area contributed by atoms with Crippen LogP contribution >= 0.6 is 11.8 Å². The molecule has 1 aromatic heterocycles. The lowest BCUT2D eigenvalue weighted by Crippen LogP contribution is -2.18. The first-order valence-electron chi connectivity index (χ1n) is 5.19. The van der Waals surface area contributed by atoms with Crippen LogP contribution in [0.5, 0.6) is 0 Å². The number of aliphatic hydroxyl groups excluding tert-OH is 2. The van der Waals surface area contributed by atoms with Crippen molar-refractivity contribution in [3.8, 4) is 0 Å². The molecule has 1 atom stereocenters. The standard InChI is InChI=1S/C10H18N2O3S/c1-3-15-6-9(14)7-16-10-11-4-8(5-13)12(10)2/h4,9,13-14H,3,5-7H2,1-2H3. The molecule has 1 aromatic rings. The fraction of sp³-hybridized carbons (Fsp3) is 0.700. The molecule has 0 saturated heterocycles. The molecule has 6 heteroatoms. The van der Waals surface area contributed by atoms with Gasteiger partial charge in [-0.15, -0.1) is 0 Å². The molecule has 0 amide bonds. The van der Waals surface area contributed by atoms with E-state index < -0.39 is 6.10 Å². The maximum atomic E-state index is 9.56. The van der Waals surface area contributed by atoms with Crippen LogP contribution in [0.3, 0.4) is 0 Å². The highest BCUT2D eigenvalue weighted by Gasteiger charge is 2.09. The number of hydrogen-bond acceptors (Lipinski definition) is 5. The van der Waals surface area contributed by atoms with Gasteiger partial charge in [-0.3, -0.25) is 0 Å². The summed E-state index contributed by atoms with van der Waals surface area (Å²) in [5.41, 5.74) is 0.766. The Kier molecular flexibility index (Phi) is 5.83. The molecule has 0 radical (unpaired) electrons. The highest BCUT2D eigenvalue weighted by Crippen LogP contribution is 2.18. The van der Waals surface area contributed by atoms with Gasteiger partial charge in [0.2, 0.25) is 0 Å². The van der Waals surface area contributed by atoms with Gasteiger partial charge in [-0.25, -0.2) is 4.98 Å². The van der Waals surface area contributed by atoms with Crippen LogP contribution < -0.4 is 0 Å². The average molecular weight is 246 g/mol. The quantitative estimate of drug-likeness (QED) is 0.682. The second kappa shape index (κ2) is 6.90. The van der Waals surface area contributed by atoms with Gasteiger partial charge in [0.05, 0.1) is 31.2 Å². The molecule has 0 aliphatic carbocycles. The topological polar surface area (TPSA) is 67.5 Å². The van der Waals surface area contributed by atoms with Crippen molar-refractivity contribution < 1.29 is 14.9 Å². The molecule has 0 aromatic carbocycles. The molecular formula is C10H18N2O3S. The van der Waals surface area contributed by atoms with Crippen LogP contribution in [-0.2, 0) is 18.4 Å². The van der Waals surface area contributed by atoms with E-state index in [1.807, 2.05) is 18.5 Å². The van der Waals surface area contributed by atoms with Crippen molar-refractivity contribution in [2.75, 3.05) is 19.0 Å². The summed E-state index contributed by atoms with van der Waals surface area (Å²) in [4.78, 5) is 4.15. The zero-order valence-electron chi connectivity index (χ0n) is 9.59. The first-order valence-corrected chi connectivity index (χ1v) is 6.17. The molecule has 0 aliphatic heterocycles. The lowest BCUT2D eigenvalue weighted by Gasteiger charge is -2.09. The molecule has 0 spiro atoms. The molecule has 16 heavy (non-hydrogen) atoms. The lowest BCUT2D eigenvalue weighted by molar-refractivity contribution is 0.0551. The van der Waals surface area contributed by atoms with Gasteiger partial charge in [-0.05, 0) is 6.92 Å². The van der Waals surface area contributed by atoms with Gasteiger partial charge in [0.25, 0.3) is 0 Å². The van der Waals surface area contributed by atoms with Gasteiger partial charge in [0, 0.05) is 19.4 Å². The molecule has 0 aliphatic rings. The van der Waals surface area contributed by atoms with Crippen molar-refractivity contribution in [2.24, 2.45) is 7.05 Å². The van der Waals surface area contributed by atoms with E-state index in [0.717, 1.165) is 10.9 Å². The molecule has 0 fully saturated rings. The summed E-state index contributed by atoms with van der Waals surface area (Å²) >= 11 is 1.45. The number of hydrogen-bond donors (Lipinski definition) is 2. The van der Waals surface area contributed by atoms with Gasteiger partial charge >= 0.3 is 0 Å². The Balaban J connectivity index is 2.39. The van der Waals surface area contributed by atoms with Gasteiger partial charge in [0.1, 0.15) is 0 Å². The highest BCUT2D eigenvalue weighted by molar-refractivity contribution is 7.99. The number of aliphatic hydroxyl groups is 2. The van der Waals surface area contributed by atoms with Gasteiger partial charge in [-0.2, -0.15) is 0 Å². The normalized spacial score (nSPS) is 13.0. The van der Waals surface area contributed by atoms with Crippen LogP contribution in [0, 0.1) is 0 Å². The minimum absolute atomic E-state index is 0.0223. The Morgan fingerprint density at radius 1 is 1.62 bits per heavy atom. The Labute approximate surface area is 99.4 Å². The Hall–Kier alpha value is -0.560. The zero-order chi connectivity index (χ0) is 12.0. The summed E-state index contributed by atoms with van der Waals surface area (Å²) in [7, 11) is 1.84. The van der Waals surface area contributed by atoms with Gasteiger partial charge < -0.3 is 19.5 Å². The summed E-state index contributed by atoms with van der Waals surface area (Å²) in [5, 5.41) is 19.3.